The minimum Gasteiger partial charge on any atom is -0.339 e. The Kier molecular flexibility index (Phi) is 3.54. The lowest BCUT2D eigenvalue weighted by atomic mass is 10.1. The van der Waals surface area contributed by atoms with Crippen LogP contribution in [0.25, 0.3) is 10.9 Å². The van der Waals surface area contributed by atoms with Crippen LogP contribution in [0, 0.1) is 5.82 Å². The number of hydrogen-bond donors (Lipinski definition) is 1. The first kappa shape index (κ1) is 15.7. The number of nitrogens with zero attached hydrogens (tertiary/aromatic N) is 2. The zero-order valence-electron chi connectivity index (χ0n) is 13.3. The van der Waals surface area contributed by atoms with E-state index in [1.54, 1.807) is 30.5 Å². The van der Waals surface area contributed by atoms with E-state index in [-0.39, 0.29) is 10.7 Å². The Morgan fingerprint density at radius 1 is 1.12 bits per heavy atom. The van der Waals surface area contributed by atoms with E-state index in [1.807, 2.05) is 0 Å². The van der Waals surface area contributed by atoms with Crippen molar-refractivity contribution in [2.75, 3.05) is 11.6 Å². The fraction of sp³-hybridized carbons (Fsp3) is 0.111. The summed E-state index contributed by atoms with van der Waals surface area (Å²) >= 11 is 0. The molecule has 1 N–H and O–H groups in total. The van der Waals surface area contributed by atoms with Crippen LogP contribution in [0.5, 0.6) is 0 Å². The molecule has 0 unspecified atom stereocenters. The lowest BCUT2D eigenvalue weighted by Crippen LogP contribution is -2.12. The topological polar surface area (TPSA) is 71.4 Å². The summed E-state index contributed by atoms with van der Waals surface area (Å²) in [5, 5.41) is 3.86. The Morgan fingerprint density at radius 3 is 2.76 bits per heavy atom. The van der Waals surface area contributed by atoms with Gasteiger partial charge < -0.3 is 5.32 Å². The van der Waals surface area contributed by atoms with Crippen molar-refractivity contribution in [1.29, 1.82) is 0 Å². The van der Waals surface area contributed by atoms with Crippen LogP contribution in [-0.4, -0.2) is 25.5 Å². The fourth-order valence-corrected chi connectivity index (χ4v) is 3.50. The molecule has 0 amide bonds. The number of rotatable bonds is 2. The number of aliphatic imine (C=N–C) groups is 1. The lowest BCUT2D eigenvalue weighted by Gasteiger charge is -2.11. The second-order valence-electron chi connectivity index (χ2n) is 5.90. The van der Waals surface area contributed by atoms with E-state index in [9.17, 15) is 12.8 Å². The smallest absolute Gasteiger partial charge is 0.175 e. The molecular weight excluding hydrogens is 341 g/mol. The van der Waals surface area contributed by atoms with Crippen molar-refractivity contribution in [2.24, 2.45) is 4.99 Å². The predicted octanol–water partition coefficient (Wildman–Crippen LogP) is 3.15. The molecule has 5 nitrogen and oxygen atoms in total. The number of fused-ring (bicyclic) bond motifs is 2. The maximum absolute atomic E-state index is 13.6. The van der Waals surface area contributed by atoms with Gasteiger partial charge in [0.05, 0.1) is 22.6 Å². The average Bonchev–Trinajstić information content (AvgIpc) is 2.96. The highest BCUT2D eigenvalue weighted by molar-refractivity contribution is 7.90. The summed E-state index contributed by atoms with van der Waals surface area (Å²) in [6, 6.07) is 11.1. The van der Waals surface area contributed by atoms with Crippen LogP contribution in [0.3, 0.4) is 0 Å². The highest BCUT2D eigenvalue weighted by atomic mass is 32.2. The number of halogens is 1. The molecule has 0 atom stereocenters. The first-order valence-corrected chi connectivity index (χ1v) is 9.50. The number of anilines is 1. The van der Waals surface area contributed by atoms with Crippen LogP contribution in [0.15, 0.2) is 58.5 Å². The van der Waals surface area contributed by atoms with Gasteiger partial charge in [-0.3, -0.25) is 9.98 Å². The van der Waals surface area contributed by atoms with Crippen molar-refractivity contribution < 1.29 is 12.8 Å². The molecule has 0 saturated carbocycles. The zero-order valence-corrected chi connectivity index (χ0v) is 14.1. The highest BCUT2D eigenvalue weighted by Gasteiger charge is 2.18. The van der Waals surface area contributed by atoms with Crippen LogP contribution in [0.1, 0.15) is 11.1 Å². The molecule has 7 heteroatoms. The molecule has 25 heavy (non-hydrogen) atoms. The van der Waals surface area contributed by atoms with Crippen LogP contribution in [0.4, 0.5) is 10.1 Å². The molecule has 1 aliphatic heterocycles. The third kappa shape index (κ3) is 2.87. The summed E-state index contributed by atoms with van der Waals surface area (Å²) in [7, 11) is -3.33. The molecule has 3 aromatic rings. The van der Waals surface area contributed by atoms with E-state index in [2.05, 4.69) is 15.3 Å². The second kappa shape index (κ2) is 5.63. The maximum Gasteiger partial charge on any atom is 0.175 e. The Balaban J connectivity index is 1.80. The molecule has 0 radical (unpaired) electrons. The molecule has 0 aliphatic carbocycles. The first-order chi connectivity index (χ1) is 11.9. The van der Waals surface area contributed by atoms with Gasteiger partial charge >= 0.3 is 0 Å². The maximum atomic E-state index is 13.6. The molecular formula is C18H14FN3O2S. The molecule has 0 bridgehead atoms. The zero-order chi connectivity index (χ0) is 17.6. The average molecular weight is 355 g/mol. The van der Waals surface area contributed by atoms with Gasteiger partial charge in [0.15, 0.2) is 9.84 Å². The minimum atomic E-state index is -3.33. The van der Waals surface area contributed by atoms with Crippen molar-refractivity contribution in [3.8, 4) is 0 Å². The Labute approximate surface area is 144 Å². The molecule has 2 heterocycles. The number of pyridine rings is 1. The van der Waals surface area contributed by atoms with Gasteiger partial charge in [-0.15, -0.1) is 0 Å². The SMILES string of the molecule is CS(=O)(=O)c1ccc2nccc(NC3=NCc4ccc(F)cc43)c2c1. The number of aromatic nitrogens is 1. The van der Waals surface area contributed by atoms with E-state index in [0.29, 0.717) is 34.5 Å². The number of amidine groups is 1. The molecule has 1 aliphatic rings. The molecule has 0 spiro atoms. The second-order valence-corrected chi connectivity index (χ2v) is 7.92. The van der Waals surface area contributed by atoms with Gasteiger partial charge in [-0.05, 0) is 42.0 Å². The fourth-order valence-electron chi connectivity index (χ4n) is 2.86. The van der Waals surface area contributed by atoms with Gasteiger partial charge in [-0.1, -0.05) is 6.07 Å². The highest BCUT2D eigenvalue weighted by Crippen LogP contribution is 2.27. The van der Waals surface area contributed by atoms with E-state index in [4.69, 9.17) is 0 Å². The summed E-state index contributed by atoms with van der Waals surface area (Å²) in [5.74, 6) is 0.237. The molecule has 0 fully saturated rings. The standard InChI is InChI=1S/C18H14FN3O2S/c1-25(23,24)13-4-5-16-15(9-13)17(6-7-20-16)22-18-14-8-12(19)3-2-11(14)10-21-18/h2-9H,10H2,1H3,(H,20,21,22). The monoisotopic (exact) mass is 355 g/mol. The Morgan fingerprint density at radius 2 is 1.96 bits per heavy atom. The molecule has 0 saturated heterocycles. The van der Waals surface area contributed by atoms with Crippen LogP contribution in [0.2, 0.25) is 0 Å². The largest absolute Gasteiger partial charge is 0.339 e. The number of hydrogen-bond acceptors (Lipinski definition) is 5. The van der Waals surface area contributed by atoms with Crippen LogP contribution < -0.4 is 5.32 Å². The van der Waals surface area contributed by atoms with Crippen molar-refractivity contribution in [3.63, 3.8) is 0 Å². The summed E-state index contributed by atoms with van der Waals surface area (Å²) < 4.78 is 37.2. The summed E-state index contributed by atoms with van der Waals surface area (Å²) in [6.45, 7) is 0.482. The third-order valence-electron chi connectivity index (χ3n) is 4.13. The summed E-state index contributed by atoms with van der Waals surface area (Å²) in [5.41, 5.74) is 2.99. The summed E-state index contributed by atoms with van der Waals surface area (Å²) in [6.07, 6.45) is 2.80. The van der Waals surface area contributed by atoms with Gasteiger partial charge in [0.1, 0.15) is 11.7 Å². The molecule has 4 rings (SSSR count). The normalized spacial score (nSPS) is 13.6. The van der Waals surface area contributed by atoms with Crippen LogP contribution >= 0.6 is 0 Å². The molecule has 2 aromatic carbocycles. The predicted molar refractivity (Wildman–Crippen MR) is 95.1 cm³/mol. The van der Waals surface area contributed by atoms with Crippen molar-refractivity contribution in [2.45, 2.75) is 11.4 Å². The van der Waals surface area contributed by atoms with E-state index < -0.39 is 9.84 Å². The number of benzene rings is 2. The molecule has 1 aromatic heterocycles. The Bertz CT molecular complexity index is 1140. The minimum absolute atomic E-state index is 0.218. The lowest BCUT2D eigenvalue weighted by molar-refractivity contribution is 0.602. The quantitative estimate of drug-likeness (QED) is 0.766. The van der Waals surface area contributed by atoms with Gasteiger partial charge in [0.2, 0.25) is 0 Å². The third-order valence-corrected chi connectivity index (χ3v) is 5.24. The number of sulfone groups is 1. The Hall–Kier alpha value is -2.80. The van der Waals surface area contributed by atoms with E-state index in [1.165, 1.54) is 18.2 Å². The van der Waals surface area contributed by atoms with Gasteiger partial charge in [-0.25, -0.2) is 12.8 Å². The first-order valence-electron chi connectivity index (χ1n) is 7.61. The van der Waals surface area contributed by atoms with Gasteiger partial charge in [0.25, 0.3) is 0 Å². The van der Waals surface area contributed by atoms with E-state index in [0.717, 1.165) is 11.8 Å². The van der Waals surface area contributed by atoms with Crippen molar-refractivity contribution >= 4 is 32.3 Å². The van der Waals surface area contributed by atoms with E-state index >= 15 is 0 Å². The van der Waals surface area contributed by atoms with Crippen molar-refractivity contribution in [1.82, 2.24) is 4.98 Å². The number of nitrogens with one attached hydrogen (secondary N) is 1. The van der Waals surface area contributed by atoms with Gasteiger partial charge in [-0.2, -0.15) is 0 Å². The van der Waals surface area contributed by atoms with Gasteiger partial charge in [0, 0.05) is 23.4 Å². The van der Waals surface area contributed by atoms with Crippen molar-refractivity contribution in [3.05, 3.63) is 65.6 Å². The molecule has 126 valence electrons. The summed E-state index contributed by atoms with van der Waals surface area (Å²) in [4.78, 5) is 8.90. The van der Waals surface area contributed by atoms with Crippen LogP contribution in [-0.2, 0) is 16.4 Å².